The van der Waals surface area contributed by atoms with Gasteiger partial charge in [-0.25, -0.2) is 9.78 Å². The quantitative estimate of drug-likeness (QED) is 0.145. The van der Waals surface area contributed by atoms with Crippen molar-refractivity contribution in [1.29, 1.82) is 0 Å². The fourth-order valence-corrected chi connectivity index (χ4v) is 5.04. The Morgan fingerprint density at radius 3 is 2.22 bits per heavy atom. The van der Waals surface area contributed by atoms with Gasteiger partial charge in [0.1, 0.15) is 5.82 Å². The smallest absolute Gasteiger partial charge is 0.386 e. The minimum Gasteiger partial charge on any atom is -0.386 e. The van der Waals surface area contributed by atoms with Gasteiger partial charge in [-0.1, -0.05) is 60.7 Å². The molecule has 1 aliphatic heterocycles. The SMILES string of the molecule is CC(=O)N(C(CC(=O)OC(=O)C(F)(F)F)c1ccc(-c2ccccc2)cc1)C1(C(=O)CCCCNc2ccccn2)C=CC=N1. The van der Waals surface area contributed by atoms with E-state index in [1.54, 1.807) is 36.5 Å². The van der Waals surface area contributed by atoms with Gasteiger partial charge in [-0.15, -0.1) is 0 Å². The number of aromatic nitrogens is 1. The molecule has 0 saturated heterocycles. The number of benzene rings is 2. The molecule has 2 unspecified atom stereocenters. The van der Waals surface area contributed by atoms with E-state index in [4.69, 9.17) is 0 Å². The number of pyridine rings is 1. The molecule has 12 heteroatoms. The molecule has 0 bridgehead atoms. The highest BCUT2D eigenvalue weighted by molar-refractivity contribution is 5.99. The number of Topliss-reactive ketones (excluding diaryl/α,β-unsaturated/α-hetero) is 1. The monoisotopic (exact) mass is 620 g/mol. The first-order valence-corrected chi connectivity index (χ1v) is 14.2. The summed E-state index contributed by atoms with van der Waals surface area (Å²) < 4.78 is 42.7. The number of carbonyl (C=O) groups excluding carboxylic acids is 4. The molecule has 0 fully saturated rings. The number of anilines is 1. The first kappa shape index (κ1) is 32.8. The van der Waals surface area contributed by atoms with Gasteiger partial charge >= 0.3 is 18.1 Å². The Morgan fingerprint density at radius 2 is 1.62 bits per heavy atom. The molecule has 2 atom stereocenters. The van der Waals surface area contributed by atoms with Crippen LogP contribution in [0.4, 0.5) is 19.0 Å². The van der Waals surface area contributed by atoms with E-state index in [0.717, 1.165) is 16.0 Å². The third-order valence-corrected chi connectivity index (χ3v) is 7.12. The molecule has 1 aliphatic rings. The molecule has 1 amide bonds. The molecular formula is C33H31F3N4O5. The number of aliphatic imine (C=N–C) groups is 1. The molecule has 0 radical (unpaired) electrons. The van der Waals surface area contributed by atoms with Gasteiger partial charge < -0.3 is 15.0 Å². The molecule has 4 rings (SSSR count). The van der Waals surface area contributed by atoms with Crippen LogP contribution in [0.15, 0.2) is 96.1 Å². The highest BCUT2D eigenvalue weighted by Crippen LogP contribution is 2.38. The second-order valence-electron chi connectivity index (χ2n) is 10.2. The standard InChI is InChI=1S/C33H31F3N4O5/c1-23(41)40(32(18-9-21-39-32)28(42)12-5-7-19-37-29-13-6-8-20-38-29)27(22-30(43)45-31(44)33(34,35)36)26-16-14-25(15-17-26)24-10-3-2-4-11-24/h2-4,6,8-11,13-18,20-21,27H,5,7,12,19,22H2,1H3,(H,37,38). The van der Waals surface area contributed by atoms with E-state index < -0.39 is 47.9 Å². The lowest BCUT2D eigenvalue weighted by Gasteiger charge is -2.41. The molecular weight excluding hydrogens is 589 g/mol. The van der Waals surface area contributed by atoms with Gasteiger partial charge in [0.15, 0.2) is 5.78 Å². The van der Waals surface area contributed by atoms with Gasteiger partial charge in [0, 0.05) is 32.3 Å². The predicted octanol–water partition coefficient (Wildman–Crippen LogP) is 5.85. The highest BCUT2D eigenvalue weighted by Gasteiger charge is 2.48. The summed E-state index contributed by atoms with van der Waals surface area (Å²) in [6, 6.07) is 20.1. The predicted molar refractivity (Wildman–Crippen MR) is 161 cm³/mol. The fourth-order valence-electron chi connectivity index (χ4n) is 5.04. The van der Waals surface area contributed by atoms with Crippen molar-refractivity contribution in [3.8, 4) is 11.1 Å². The summed E-state index contributed by atoms with van der Waals surface area (Å²) in [7, 11) is 0. The number of unbranched alkanes of at least 4 members (excludes halogenated alkanes) is 1. The van der Waals surface area contributed by atoms with Crippen LogP contribution in [0.3, 0.4) is 0 Å². The van der Waals surface area contributed by atoms with E-state index in [2.05, 4.69) is 20.0 Å². The van der Waals surface area contributed by atoms with E-state index in [1.165, 1.54) is 25.3 Å². The van der Waals surface area contributed by atoms with Gasteiger partial charge in [-0.2, -0.15) is 13.2 Å². The van der Waals surface area contributed by atoms with Crippen molar-refractivity contribution >= 4 is 35.7 Å². The first-order chi connectivity index (χ1) is 21.5. The number of nitrogens with zero attached hydrogens (tertiary/aromatic N) is 3. The minimum atomic E-state index is -5.40. The lowest BCUT2D eigenvalue weighted by molar-refractivity contribution is -0.202. The van der Waals surface area contributed by atoms with E-state index in [-0.39, 0.29) is 6.42 Å². The number of halogens is 3. The van der Waals surface area contributed by atoms with Crippen LogP contribution >= 0.6 is 0 Å². The van der Waals surface area contributed by atoms with Crippen molar-refractivity contribution in [2.45, 2.75) is 50.5 Å². The van der Waals surface area contributed by atoms with E-state index >= 15 is 0 Å². The van der Waals surface area contributed by atoms with E-state index in [1.807, 2.05) is 42.5 Å². The number of carbonyl (C=O) groups is 4. The maximum atomic E-state index is 13.8. The van der Waals surface area contributed by atoms with Crippen LogP contribution in [0.25, 0.3) is 11.1 Å². The molecule has 2 aromatic carbocycles. The fraction of sp³-hybridized carbons (Fsp3) is 0.273. The van der Waals surface area contributed by atoms with Gasteiger partial charge in [0.2, 0.25) is 11.6 Å². The summed E-state index contributed by atoms with van der Waals surface area (Å²) in [6.07, 6.45) is 0.664. The number of alkyl halides is 3. The summed E-state index contributed by atoms with van der Waals surface area (Å²) in [6.45, 7) is 1.70. The van der Waals surface area contributed by atoms with E-state index in [9.17, 15) is 32.3 Å². The van der Waals surface area contributed by atoms with Crippen LogP contribution in [0.5, 0.6) is 0 Å². The number of nitrogens with one attached hydrogen (secondary N) is 1. The van der Waals surface area contributed by atoms with Crippen LogP contribution in [0.2, 0.25) is 0 Å². The lowest BCUT2D eigenvalue weighted by atomic mass is 9.92. The zero-order chi connectivity index (χ0) is 32.5. The molecule has 234 valence electrons. The molecule has 2 heterocycles. The van der Waals surface area contributed by atoms with Gasteiger partial charge in [0.25, 0.3) is 0 Å². The molecule has 1 N–H and O–H groups in total. The number of amides is 1. The summed E-state index contributed by atoms with van der Waals surface area (Å²) in [4.78, 5) is 60.9. The largest absolute Gasteiger partial charge is 0.491 e. The molecule has 9 nitrogen and oxygen atoms in total. The maximum Gasteiger partial charge on any atom is 0.491 e. The average Bonchev–Trinajstić information content (AvgIpc) is 3.51. The molecule has 0 spiro atoms. The summed E-state index contributed by atoms with van der Waals surface area (Å²) in [5, 5.41) is 3.15. The van der Waals surface area contributed by atoms with E-state index in [0.29, 0.717) is 30.8 Å². The number of allylic oxidation sites excluding steroid dienone is 1. The van der Waals surface area contributed by atoms with Crippen molar-refractivity contribution in [2.24, 2.45) is 4.99 Å². The zero-order valence-electron chi connectivity index (χ0n) is 24.4. The maximum absolute atomic E-state index is 13.8. The third-order valence-electron chi connectivity index (χ3n) is 7.12. The van der Waals surface area contributed by atoms with Crippen molar-refractivity contribution in [3.63, 3.8) is 0 Å². The van der Waals surface area contributed by atoms with Crippen molar-refractivity contribution in [3.05, 3.63) is 96.7 Å². The molecule has 0 aliphatic carbocycles. The number of ether oxygens (including phenoxy) is 1. The number of rotatable bonds is 13. The van der Waals surface area contributed by atoms with Gasteiger partial charge in [-0.05, 0) is 53.8 Å². The number of hydrogen-bond acceptors (Lipinski definition) is 8. The van der Waals surface area contributed by atoms with Gasteiger partial charge in [0.05, 0.1) is 12.5 Å². The number of esters is 2. The summed E-state index contributed by atoms with van der Waals surface area (Å²) in [5.74, 6) is -4.63. The summed E-state index contributed by atoms with van der Waals surface area (Å²) >= 11 is 0. The minimum absolute atomic E-state index is 0.00598. The third kappa shape index (κ3) is 8.28. The Morgan fingerprint density at radius 1 is 0.933 bits per heavy atom. The van der Waals surface area contributed by atoms with Crippen molar-refractivity contribution in [1.82, 2.24) is 9.88 Å². The Hall–Kier alpha value is -5.13. The van der Waals surface area contributed by atoms with Crippen molar-refractivity contribution < 1.29 is 37.1 Å². The Labute approximate surface area is 257 Å². The first-order valence-electron chi connectivity index (χ1n) is 14.2. The van der Waals surface area contributed by atoms with Crippen LogP contribution in [-0.4, -0.2) is 58.1 Å². The Balaban J connectivity index is 1.61. The second kappa shape index (κ2) is 14.6. The highest BCUT2D eigenvalue weighted by atomic mass is 19.4. The Bertz CT molecular complexity index is 1550. The number of hydrogen-bond donors (Lipinski definition) is 1. The summed E-state index contributed by atoms with van der Waals surface area (Å²) in [5.41, 5.74) is 0.138. The average molecular weight is 621 g/mol. The normalized spacial score (nSPS) is 16.2. The topological polar surface area (TPSA) is 118 Å². The number of ketones is 1. The lowest BCUT2D eigenvalue weighted by Crippen LogP contribution is -2.55. The zero-order valence-corrected chi connectivity index (χ0v) is 24.4. The molecule has 45 heavy (non-hydrogen) atoms. The molecule has 1 aromatic heterocycles. The van der Waals surface area contributed by atoms with Crippen LogP contribution < -0.4 is 5.32 Å². The molecule has 0 saturated carbocycles. The van der Waals surface area contributed by atoms with Crippen LogP contribution in [-0.2, 0) is 23.9 Å². The van der Waals surface area contributed by atoms with Crippen LogP contribution in [0.1, 0.15) is 44.2 Å². The molecule has 3 aromatic rings. The van der Waals surface area contributed by atoms with Gasteiger partial charge in [-0.3, -0.25) is 19.4 Å². The van der Waals surface area contributed by atoms with Crippen molar-refractivity contribution in [2.75, 3.05) is 11.9 Å². The van der Waals surface area contributed by atoms with Crippen LogP contribution in [0, 0.1) is 0 Å². The second-order valence-corrected chi connectivity index (χ2v) is 10.2. The Kier molecular flexibility index (Phi) is 10.6.